The molecule has 1 aromatic rings. The van der Waals surface area contributed by atoms with E-state index in [9.17, 15) is 4.79 Å². The second-order valence-electron chi connectivity index (χ2n) is 4.59. The average Bonchev–Trinajstić information content (AvgIpc) is 2.49. The maximum Gasteiger partial charge on any atom is 0.319 e. The van der Waals surface area contributed by atoms with Crippen LogP contribution in [0.25, 0.3) is 5.70 Å². The van der Waals surface area contributed by atoms with E-state index in [1.807, 2.05) is 24.4 Å². The van der Waals surface area contributed by atoms with Gasteiger partial charge in [-0.2, -0.15) is 0 Å². The third kappa shape index (κ3) is 4.73. The van der Waals surface area contributed by atoms with E-state index in [2.05, 4.69) is 16.0 Å². The molecule has 7 heteroatoms. The smallest absolute Gasteiger partial charge is 0.319 e. The Morgan fingerprint density at radius 1 is 1.38 bits per heavy atom. The first kappa shape index (κ1) is 15.3. The summed E-state index contributed by atoms with van der Waals surface area (Å²) >= 11 is 1.06. The van der Waals surface area contributed by atoms with Gasteiger partial charge in [0.05, 0.1) is 6.04 Å². The van der Waals surface area contributed by atoms with Crippen molar-refractivity contribution >= 4 is 29.4 Å². The number of anilines is 1. The zero-order valence-electron chi connectivity index (χ0n) is 11.5. The first-order valence-corrected chi connectivity index (χ1v) is 7.52. The lowest BCUT2D eigenvalue weighted by atomic mass is 10.1. The van der Waals surface area contributed by atoms with Crippen molar-refractivity contribution in [1.82, 2.24) is 10.6 Å². The molecule has 0 spiro atoms. The van der Waals surface area contributed by atoms with E-state index in [-0.39, 0.29) is 12.1 Å². The Bertz CT molecular complexity index is 541. The number of benzene rings is 1. The Kier molecular flexibility index (Phi) is 5.53. The number of rotatable bonds is 4. The van der Waals surface area contributed by atoms with Gasteiger partial charge in [0.1, 0.15) is 0 Å². The van der Waals surface area contributed by atoms with Crippen molar-refractivity contribution in [2.45, 2.75) is 12.5 Å². The number of nitrogens with one attached hydrogen (secondary N) is 3. The summed E-state index contributed by atoms with van der Waals surface area (Å²) in [5, 5.41) is 15.8. The van der Waals surface area contributed by atoms with Gasteiger partial charge < -0.3 is 21.7 Å². The van der Waals surface area contributed by atoms with Crippen molar-refractivity contribution in [3.8, 4) is 0 Å². The minimum absolute atomic E-state index is 0.0608. The Hall–Kier alpha value is -2.12. The third-order valence-corrected chi connectivity index (χ3v) is 3.42. The Morgan fingerprint density at radius 2 is 2.14 bits per heavy atom. The van der Waals surface area contributed by atoms with Crippen LogP contribution < -0.4 is 26.8 Å². The fraction of sp³-hybridized carbons (Fsp3) is 0.214. The van der Waals surface area contributed by atoms with Crippen LogP contribution in [0.5, 0.6) is 0 Å². The zero-order valence-corrected chi connectivity index (χ0v) is 12.3. The van der Waals surface area contributed by atoms with Gasteiger partial charge in [0, 0.05) is 23.3 Å². The second-order valence-corrected chi connectivity index (χ2v) is 5.10. The van der Waals surface area contributed by atoms with Crippen molar-refractivity contribution in [2.75, 3.05) is 11.9 Å². The van der Waals surface area contributed by atoms with Crippen molar-refractivity contribution in [1.29, 1.82) is 0 Å². The molecule has 1 heterocycles. The van der Waals surface area contributed by atoms with Gasteiger partial charge in [-0.05, 0) is 36.4 Å². The molecule has 1 unspecified atom stereocenters. The highest BCUT2D eigenvalue weighted by Gasteiger charge is 2.11. The summed E-state index contributed by atoms with van der Waals surface area (Å²) in [6, 6.07) is 7.11. The molecular weight excluding hydrogens is 286 g/mol. The number of hydrogen-bond donors (Lipinski definition) is 5. The Morgan fingerprint density at radius 3 is 2.76 bits per heavy atom. The van der Waals surface area contributed by atoms with Crippen LogP contribution in [-0.4, -0.2) is 18.6 Å². The van der Waals surface area contributed by atoms with Gasteiger partial charge in [0.2, 0.25) is 0 Å². The fourth-order valence-electron chi connectivity index (χ4n) is 1.95. The molecule has 7 N–H and O–H groups in total. The summed E-state index contributed by atoms with van der Waals surface area (Å²) in [7, 11) is 0. The first-order chi connectivity index (χ1) is 10.2. The molecule has 112 valence electrons. The van der Waals surface area contributed by atoms with Crippen LogP contribution in [0, 0.1) is 0 Å². The van der Waals surface area contributed by atoms with E-state index in [4.69, 9.17) is 10.9 Å². The molecule has 21 heavy (non-hydrogen) atoms. The zero-order chi connectivity index (χ0) is 15.1. The third-order valence-electron chi connectivity index (χ3n) is 3.03. The number of hydrogen-bond acceptors (Lipinski definition) is 5. The highest BCUT2D eigenvalue weighted by Crippen LogP contribution is 2.15. The summed E-state index contributed by atoms with van der Waals surface area (Å²) in [5.41, 5.74) is 8.00. The summed E-state index contributed by atoms with van der Waals surface area (Å²) < 4.78 is 0. The highest BCUT2D eigenvalue weighted by molar-refractivity contribution is 8.00. The van der Waals surface area contributed by atoms with Gasteiger partial charge in [-0.25, -0.2) is 4.79 Å². The van der Waals surface area contributed by atoms with Gasteiger partial charge >= 0.3 is 6.03 Å². The van der Waals surface area contributed by atoms with Crippen LogP contribution in [0.4, 0.5) is 10.5 Å². The molecular formula is C14H19N5OS. The van der Waals surface area contributed by atoms with E-state index in [0.717, 1.165) is 30.5 Å². The fourth-order valence-corrected chi connectivity index (χ4v) is 2.23. The van der Waals surface area contributed by atoms with Crippen molar-refractivity contribution in [3.63, 3.8) is 0 Å². The second kappa shape index (κ2) is 7.61. The molecule has 1 aliphatic heterocycles. The minimum atomic E-state index is -0.222. The molecule has 1 aliphatic rings. The van der Waals surface area contributed by atoms with Crippen molar-refractivity contribution in [3.05, 3.63) is 47.5 Å². The maximum absolute atomic E-state index is 11.9. The van der Waals surface area contributed by atoms with Crippen LogP contribution in [0.2, 0.25) is 0 Å². The lowest BCUT2D eigenvalue weighted by Crippen LogP contribution is -2.40. The molecule has 1 aromatic carbocycles. The average molecular weight is 305 g/mol. The molecule has 0 fully saturated rings. The van der Waals surface area contributed by atoms with E-state index < -0.39 is 0 Å². The van der Waals surface area contributed by atoms with Crippen molar-refractivity contribution in [2.24, 2.45) is 10.9 Å². The number of carbonyl (C=O) groups is 1. The predicted molar refractivity (Wildman–Crippen MR) is 88.1 cm³/mol. The van der Waals surface area contributed by atoms with Gasteiger partial charge in [-0.3, -0.25) is 5.14 Å². The summed E-state index contributed by atoms with van der Waals surface area (Å²) in [6.45, 7) is 0.862. The summed E-state index contributed by atoms with van der Waals surface area (Å²) in [4.78, 5) is 11.9. The summed E-state index contributed by atoms with van der Waals surface area (Å²) in [5.74, 6) is 0. The van der Waals surface area contributed by atoms with E-state index >= 15 is 0 Å². The van der Waals surface area contributed by atoms with E-state index in [1.165, 1.54) is 0 Å². The monoisotopic (exact) mass is 305 g/mol. The van der Waals surface area contributed by atoms with Gasteiger partial charge in [0.15, 0.2) is 0 Å². The Labute approximate surface area is 128 Å². The molecule has 0 saturated heterocycles. The van der Waals surface area contributed by atoms with Gasteiger partial charge in [-0.15, -0.1) is 0 Å². The molecule has 0 aromatic heterocycles. The highest BCUT2D eigenvalue weighted by atomic mass is 32.2. The number of carbonyl (C=O) groups excluding carboxylic acids is 1. The number of amides is 2. The molecule has 0 saturated carbocycles. The Balaban J connectivity index is 1.90. The molecule has 2 amide bonds. The molecule has 1 atom stereocenters. The molecule has 6 nitrogen and oxygen atoms in total. The largest absolute Gasteiger partial charge is 0.398 e. The topological polar surface area (TPSA) is 105 Å². The van der Waals surface area contributed by atoms with Gasteiger partial charge in [-0.1, -0.05) is 24.1 Å². The lowest BCUT2D eigenvalue weighted by molar-refractivity contribution is 0.249. The molecule has 0 aliphatic carbocycles. The normalized spacial score (nSPS) is 18.0. The number of urea groups is 1. The minimum Gasteiger partial charge on any atom is -0.398 e. The quantitative estimate of drug-likeness (QED) is 0.543. The van der Waals surface area contributed by atoms with E-state index in [1.54, 1.807) is 17.5 Å². The van der Waals surface area contributed by atoms with Crippen LogP contribution in [-0.2, 0) is 0 Å². The first-order valence-electron chi connectivity index (χ1n) is 6.58. The SMILES string of the molecule is NS/C=C(\N)c1ccc(NC(=O)NC2C=CNCC2)cc1. The van der Waals surface area contributed by atoms with Crippen LogP contribution in [0.3, 0.4) is 0 Å². The van der Waals surface area contributed by atoms with E-state index in [0.29, 0.717) is 11.4 Å². The number of nitrogens with two attached hydrogens (primary N) is 2. The van der Waals surface area contributed by atoms with Crippen LogP contribution in [0.1, 0.15) is 12.0 Å². The van der Waals surface area contributed by atoms with Gasteiger partial charge in [0.25, 0.3) is 0 Å². The molecule has 0 bridgehead atoms. The van der Waals surface area contributed by atoms with Crippen LogP contribution >= 0.6 is 11.9 Å². The standard InChI is InChI=1S/C14H19N5OS/c15-13(9-21-16)10-1-3-11(4-2-10)18-14(20)19-12-5-7-17-8-6-12/h1-5,7,9,12,17H,6,8,15-16H2,(H2,18,19,20)/b13-9-. The summed E-state index contributed by atoms with van der Waals surface area (Å²) in [6.07, 6.45) is 4.66. The predicted octanol–water partition coefficient (Wildman–Crippen LogP) is 1.55. The van der Waals surface area contributed by atoms with Crippen molar-refractivity contribution < 1.29 is 4.79 Å². The maximum atomic E-state index is 11.9. The molecule has 2 rings (SSSR count). The molecule has 0 radical (unpaired) electrons. The van der Waals surface area contributed by atoms with Crippen LogP contribution in [0.15, 0.2) is 41.9 Å². The lowest BCUT2D eigenvalue weighted by Gasteiger charge is -2.19.